The standard InChI is InChI=1S/C70H40N4O2/c1-4-20-41(21-5-1)44-26-10-11-28-46(44)67-68(43-24-8-3-9-25-43)72-74-73-70(67)66-54-40-53-47(38-39-48-45-27-12-15-33-55(45)71-69(48)53)63(54)60(42-22-6-2-7-23-42)64(51-31-18-36-58-61(51)49-29-13-16-34-56(49)75-58)65(66)52-32-19-37-59-62(52)50-30-14-17-35-57(50)76-59/h1-40H. The van der Waals surface area contributed by atoms with E-state index in [9.17, 15) is 0 Å². The molecule has 0 bridgehead atoms. The van der Waals surface area contributed by atoms with Crippen molar-refractivity contribution in [2.75, 3.05) is 0 Å². The van der Waals surface area contributed by atoms with Crippen LogP contribution >= 0.6 is 0 Å². The molecule has 4 heterocycles. The zero-order chi connectivity index (χ0) is 49.8. The van der Waals surface area contributed by atoms with Crippen molar-refractivity contribution >= 4 is 55.6 Å². The van der Waals surface area contributed by atoms with Crippen LogP contribution in [0.5, 0.6) is 0 Å². The van der Waals surface area contributed by atoms with Gasteiger partial charge in [-0.15, -0.1) is 10.2 Å². The molecule has 1 aliphatic heterocycles. The highest BCUT2D eigenvalue weighted by Gasteiger charge is 2.36. The van der Waals surface area contributed by atoms with Crippen LogP contribution in [0.4, 0.5) is 5.69 Å². The first-order valence-corrected chi connectivity index (χ1v) is 25.6. The fourth-order valence-corrected chi connectivity index (χ4v) is 12.3. The van der Waals surface area contributed by atoms with Crippen molar-refractivity contribution in [3.05, 3.63) is 253 Å². The fraction of sp³-hybridized carbons (Fsp3) is 0. The number of aromatic nitrogens is 3. The van der Waals surface area contributed by atoms with Crippen LogP contribution in [0, 0.1) is 0 Å². The molecular formula is C70H40N4O2. The lowest BCUT2D eigenvalue weighted by molar-refractivity contribution is 0.668. The van der Waals surface area contributed by atoms with Crippen LogP contribution in [0.1, 0.15) is 5.56 Å². The molecule has 0 fully saturated rings. The SMILES string of the molecule is C1=c2c(ccc3c2=Nc2ccccc2-3)-c2c1c(-c1nnnc(-c3ccccc3)c1-c1ccccc1-c1ccccc1)c(-c1cccc3oc4ccccc4c13)c(-c1cccc3oc4ccccc4c13)c2-c1ccccc1. The summed E-state index contributed by atoms with van der Waals surface area (Å²) in [5.74, 6) is 0. The van der Waals surface area contributed by atoms with Gasteiger partial charge >= 0.3 is 0 Å². The van der Waals surface area contributed by atoms with Crippen LogP contribution in [-0.4, -0.2) is 15.4 Å². The van der Waals surface area contributed by atoms with Crippen LogP contribution in [0.15, 0.2) is 250 Å². The third-order valence-electron chi connectivity index (χ3n) is 15.5. The molecule has 2 aliphatic rings. The minimum atomic E-state index is 0.694. The lowest BCUT2D eigenvalue weighted by atomic mass is 9.75. The van der Waals surface area contributed by atoms with Crippen molar-refractivity contribution in [3.63, 3.8) is 0 Å². The Balaban J connectivity index is 1.19. The Morgan fingerprint density at radius 1 is 0.289 bits per heavy atom. The monoisotopic (exact) mass is 968 g/mol. The van der Waals surface area contributed by atoms with Crippen LogP contribution in [0.3, 0.4) is 0 Å². The molecule has 3 aromatic heterocycles. The molecule has 0 radical (unpaired) electrons. The van der Waals surface area contributed by atoms with Crippen LogP contribution in [0.25, 0.3) is 150 Å². The van der Waals surface area contributed by atoms with Gasteiger partial charge in [0.25, 0.3) is 0 Å². The first-order valence-electron chi connectivity index (χ1n) is 25.6. The van der Waals surface area contributed by atoms with Gasteiger partial charge in [-0.3, -0.25) is 0 Å². The van der Waals surface area contributed by atoms with Crippen LogP contribution in [0.2, 0.25) is 0 Å². The van der Waals surface area contributed by atoms with Crippen LogP contribution in [-0.2, 0) is 0 Å². The average molecular weight is 969 g/mol. The zero-order valence-corrected chi connectivity index (χ0v) is 40.7. The Morgan fingerprint density at radius 2 is 0.789 bits per heavy atom. The lowest BCUT2D eigenvalue weighted by Crippen LogP contribution is -2.25. The van der Waals surface area contributed by atoms with Crippen molar-refractivity contribution in [3.8, 4) is 100 Å². The molecule has 11 aromatic carbocycles. The van der Waals surface area contributed by atoms with Crippen molar-refractivity contribution in [2.24, 2.45) is 4.99 Å². The number of furan rings is 2. The zero-order valence-electron chi connectivity index (χ0n) is 40.7. The quantitative estimate of drug-likeness (QED) is 0.159. The van der Waals surface area contributed by atoms with Gasteiger partial charge in [-0.05, 0) is 103 Å². The van der Waals surface area contributed by atoms with Gasteiger partial charge in [0.15, 0.2) is 0 Å². The molecule has 0 atom stereocenters. The fourth-order valence-electron chi connectivity index (χ4n) is 12.3. The highest BCUT2D eigenvalue weighted by atomic mass is 16.3. The minimum Gasteiger partial charge on any atom is -0.456 e. The van der Waals surface area contributed by atoms with E-state index in [-0.39, 0.29) is 0 Å². The Hall–Kier alpha value is -10.3. The largest absolute Gasteiger partial charge is 0.456 e. The molecule has 6 heteroatoms. The van der Waals surface area contributed by atoms with E-state index in [0.717, 1.165) is 160 Å². The molecule has 76 heavy (non-hydrogen) atoms. The number of benzene rings is 11. The summed E-state index contributed by atoms with van der Waals surface area (Å²) in [6.07, 6.45) is 2.38. The minimum absolute atomic E-state index is 0.694. The van der Waals surface area contributed by atoms with Gasteiger partial charge in [-0.2, -0.15) is 0 Å². The lowest BCUT2D eigenvalue weighted by Gasteiger charge is -2.27. The van der Waals surface area contributed by atoms with Crippen molar-refractivity contribution in [2.45, 2.75) is 0 Å². The summed E-state index contributed by atoms with van der Waals surface area (Å²) in [6.45, 7) is 0. The Kier molecular flexibility index (Phi) is 9.23. The van der Waals surface area contributed by atoms with Gasteiger partial charge in [-0.25, -0.2) is 4.99 Å². The number of rotatable bonds is 7. The molecule has 0 unspecified atom stereocenters. The Labute approximate surface area is 435 Å². The van der Waals surface area contributed by atoms with E-state index in [1.165, 1.54) is 0 Å². The van der Waals surface area contributed by atoms with E-state index in [1.807, 2.05) is 18.2 Å². The van der Waals surface area contributed by atoms with Gasteiger partial charge in [0.1, 0.15) is 33.7 Å². The topological polar surface area (TPSA) is 77.3 Å². The maximum Gasteiger partial charge on any atom is 0.136 e. The summed E-state index contributed by atoms with van der Waals surface area (Å²) in [4.78, 5) is 5.44. The van der Waals surface area contributed by atoms with E-state index >= 15 is 0 Å². The second-order valence-electron chi connectivity index (χ2n) is 19.5. The maximum absolute atomic E-state index is 6.82. The summed E-state index contributed by atoms with van der Waals surface area (Å²) >= 11 is 0. The molecule has 0 saturated heterocycles. The summed E-state index contributed by atoms with van der Waals surface area (Å²) in [7, 11) is 0. The van der Waals surface area contributed by atoms with Crippen molar-refractivity contribution in [1.82, 2.24) is 15.4 Å². The molecule has 0 saturated carbocycles. The normalized spacial score (nSPS) is 12.2. The molecule has 14 aromatic rings. The van der Waals surface area contributed by atoms with Crippen molar-refractivity contribution in [1.29, 1.82) is 0 Å². The summed E-state index contributed by atoms with van der Waals surface area (Å²) in [5.41, 5.74) is 23.0. The van der Waals surface area contributed by atoms with E-state index in [2.05, 4.69) is 224 Å². The number of hydrogen-bond acceptors (Lipinski definition) is 6. The van der Waals surface area contributed by atoms with Gasteiger partial charge in [0.05, 0.1) is 11.0 Å². The summed E-state index contributed by atoms with van der Waals surface area (Å²) < 4.78 is 13.6. The molecule has 0 N–H and O–H groups in total. The molecule has 0 spiro atoms. The first kappa shape index (κ1) is 42.2. The Morgan fingerprint density at radius 3 is 1.46 bits per heavy atom. The third kappa shape index (κ3) is 6.22. The highest BCUT2D eigenvalue weighted by molar-refractivity contribution is 6.24. The molecule has 352 valence electrons. The van der Waals surface area contributed by atoms with E-state index in [4.69, 9.17) is 29.2 Å². The van der Waals surface area contributed by atoms with Crippen molar-refractivity contribution < 1.29 is 8.83 Å². The number of nitrogens with zero attached hydrogens (tertiary/aromatic N) is 4. The highest BCUT2D eigenvalue weighted by Crippen LogP contribution is 2.58. The Bertz CT molecular complexity index is 4870. The second-order valence-corrected chi connectivity index (χ2v) is 19.5. The number of fused-ring (bicyclic) bond motifs is 13. The second kappa shape index (κ2) is 16.6. The first-order chi connectivity index (χ1) is 37.7. The number of hydrogen-bond donors (Lipinski definition) is 0. The summed E-state index contributed by atoms with van der Waals surface area (Å²) in [5, 5.41) is 21.3. The van der Waals surface area contributed by atoms with Crippen LogP contribution < -0.4 is 10.6 Å². The van der Waals surface area contributed by atoms with Gasteiger partial charge in [0.2, 0.25) is 0 Å². The third-order valence-corrected chi connectivity index (χ3v) is 15.5. The molecule has 16 rings (SSSR count). The van der Waals surface area contributed by atoms with E-state index in [0.29, 0.717) is 5.69 Å². The molecule has 6 nitrogen and oxygen atoms in total. The predicted octanol–water partition coefficient (Wildman–Crippen LogP) is 17.1. The molecule has 0 amide bonds. The predicted molar refractivity (Wildman–Crippen MR) is 307 cm³/mol. The molecule has 1 aliphatic carbocycles. The van der Waals surface area contributed by atoms with E-state index < -0.39 is 0 Å². The summed E-state index contributed by atoms with van der Waals surface area (Å²) in [6, 6.07) is 83.2. The van der Waals surface area contributed by atoms with Gasteiger partial charge in [-0.1, -0.05) is 206 Å². The van der Waals surface area contributed by atoms with Gasteiger partial charge in [0, 0.05) is 60.1 Å². The molecular weight excluding hydrogens is 929 g/mol. The smallest absolute Gasteiger partial charge is 0.136 e. The van der Waals surface area contributed by atoms with E-state index in [1.54, 1.807) is 0 Å². The average Bonchev–Trinajstić information content (AvgIpc) is 4.39. The van der Waals surface area contributed by atoms with Gasteiger partial charge < -0.3 is 8.83 Å². The maximum atomic E-state index is 6.82. The number of para-hydroxylation sites is 3.